The molecule has 0 radical (unpaired) electrons. The molecule has 0 fully saturated rings. The van der Waals surface area contributed by atoms with E-state index in [1.54, 1.807) is 0 Å². The van der Waals surface area contributed by atoms with Crippen LogP contribution in [0.15, 0.2) is 60.7 Å². The average molecular weight is 448 g/mol. The van der Waals surface area contributed by atoms with Crippen LogP contribution in [0, 0.1) is 0 Å². The van der Waals surface area contributed by atoms with Crippen molar-refractivity contribution in [3.8, 4) is 0 Å². The predicted octanol–water partition coefficient (Wildman–Crippen LogP) is 5.99. The molecule has 0 heterocycles. The molecule has 0 atom stereocenters. The van der Waals surface area contributed by atoms with E-state index in [1.165, 1.54) is 0 Å². The third-order valence-corrected chi connectivity index (χ3v) is 8.93. The van der Waals surface area contributed by atoms with Crippen LogP contribution in [0.5, 0.6) is 0 Å². The van der Waals surface area contributed by atoms with E-state index in [2.05, 4.69) is 0 Å². The molecule has 0 spiro atoms. The van der Waals surface area contributed by atoms with Crippen molar-refractivity contribution in [2.45, 2.75) is 0 Å². The second-order valence-corrected chi connectivity index (χ2v) is 20.1. The number of halogens is 4. The first-order valence-electron chi connectivity index (χ1n) is 5.43. The summed E-state index contributed by atoms with van der Waals surface area (Å²) < 4.78 is 0.668. The van der Waals surface area contributed by atoms with E-state index >= 15 is 0 Å². The van der Waals surface area contributed by atoms with Gasteiger partial charge in [-0.15, -0.1) is 0 Å². The Balaban J connectivity index is 2.63. The summed E-state index contributed by atoms with van der Waals surface area (Å²) in [6, 6.07) is 19.1. The first-order valence-corrected chi connectivity index (χ1v) is 15.8. The summed E-state index contributed by atoms with van der Waals surface area (Å²) in [5, 5.41) is 0.521. The summed E-state index contributed by atoms with van der Waals surface area (Å²) in [5.74, 6) is 0. The molecule has 0 saturated carbocycles. The second-order valence-electron chi connectivity index (χ2n) is 3.78. The summed E-state index contributed by atoms with van der Waals surface area (Å²) >= 11 is 2.80. The molecular formula is C14H10Cl4Te. The number of benzene rings is 2. The fraction of sp³-hybridized carbons (Fsp3) is 0. The van der Waals surface area contributed by atoms with E-state index in [-0.39, 0.29) is 0 Å². The molecule has 0 amide bonds. The molecule has 0 saturated heterocycles. The van der Waals surface area contributed by atoms with Gasteiger partial charge < -0.3 is 0 Å². The molecule has 0 unspecified atom stereocenters. The average Bonchev–Trinajstić information content (AvgIpc) is 2.39. The van der Waals surface area contributed by atoms with Crippen molar-refractivity contribution >= 4 is 62.0 Å². The molecule has 0 aromatic heterocycles. The molecule has 0 nitrogen and oxygen atoms in total. The van der Waals surface area contributed by atoms with E-state index in [0.29, 0.717) is 8.65 Å². The van der Waals surface area contributed by atoms with Crippen LogP contribution < -0.4 is 0 Å². The number of hydrogen-bond donors (Lipinski definition) is 0. The molecule has 2 rings (SSSR count). The number of rotatable bonds is 3. The minimum atomic E-state index is -3.67. The van der Waals surface area contributed by atoms with Gasteiger partial charge in [-0.05, 0) is 0 Å². The van der Waals surface area contributed by atoms with Crippen molar-refractivity contribution in [2.24, 2.45) is 0 Å². The first-order chi connectivity index (χ1) is 9.00. The Hall–Kier alpha value is 0.130. The van der Waals surface area contributed by atoms with Gasteiger partial charge in [-0.3, -0.25) is 0 Å². The molecule has 0 N–H and O–H groups in total. The van der Waals surface area contributed by atoms with Crippen molar-refractivity contribution in [1.29, 1.82) is 0 Å². The van der Waals surface area contributed by atoms with Gasteiger partial charge in [0.25, 0.3) is 0 Å². The van der Waals surface area contributed by atoms with E-state index < -0.39 is 14.8 Å². The van der Waals surface area contributed by atoms with Crippen LogP contribution in [0.4, 0.5) is 0 Å². The third kappa shape index (κ3) is 4.05. The minimum absolute atomic E-state index is 0.521. The summed E-state index contributed by atoms with van der Waals surface area (Å²) in [6.07, 6.45) is 0. The van der Waals surface area contributed by atoms with Crippen LogP contribution in [-0.2, 0) is 0 Å². The molecular weight excluding hydrogens is 438 g/mol. The van der Waals surface area contributed by atoms with Crippen molar-refractivity contribution in [3.05, 3.63) is 71.8 Å². The normalized spacial score (nSPS) is 13.9. The standard InChI is InChI=1S/C14H10Cl4Te/c15-13(11-7-3-1-4-8-11)14(19(16,17)18)12-9-5-2-6-10-12/h1-10H/b14-13-. The first kappa shape index (κ1) is 15.5. The predicted molar refractivity (Wildman–Crippen MR) is 88.9 cm³/mol. The summed E-state index contributed by atoms with van der Waals surface area (Å²) in [5.41, 5.74) is 1.73. The summed E-state index contributed by atoms with van der Waals surface area (Å²) in [4.78, 5) is 0. The zero-order chi connectivity index (χ0) is 13.9. The van der Waals surface area contributed by atoms with Crippen LogP contribution in [0.25, 0.3) is 8.65 Å². The van der Waals surface area contributed by atoms with E-state index in [0.717, 1.165) is 11.1 Å². The topological polar surface area (TPSA) is 0 Å². The van der Waals surface area contributed by atoms with Crippen LogP contribution in [0.1, 0.15) is 11.1 Å². The van der Waals surface area contributed by atoms with Crippen LogP contribution >= 0.6 is 38.5 Å². The third-order valence-electron chi connectivity index (χ3n) is 2.49. The van der Waals surface area contributed by atoms with Gasteiger partial charge in [-0.1, -0.05) is 0 Å². The summed E-state index contributed by atoms with van der Waals surface area (Å²) in [7, 11) is 18.8. The van der Waals surface area contributed by atoms with E-state index in [1.807, 2.05) is 60.7 Å². The van der Waals surface area contributed by atoms with Crippen LogP contribution in [-0.4, -0.2) is 14.8 Å². The number of hydrogen-bond acceptors (Lipinski definition) is 0. The molecule has 0 aliphatic carbocycles. The quantitative estimate of drug-likeness (QED) is 0.401. The van der Waals surface area contributed by atoms with E-state index in [4.69, 9.17) is 38.5 Å². The molecule has 2 aromatic carbocycles. The zero-order valence-electron chi connectivity index (χ0n) is 9.69. The van der Waals surface area contributed by atoms with Gasteiger partial charge in [0.05, 0.1) is 0 Å². The second kappa shape index (κ2) is 6.72. The Morgan fingerprint density at radius 3 is 1.53 bits per heavy atom. The Morgan fingerprint density at radius 2 is 1.11 bits per heavy atom. The van der Waals surface area contributed by atoms with Gasteiger partial charge in [-0.25, -0.2) is 0 Å². The van der Waals surface area contributed by atoms with Gasteiger partial charge in [0.2, 0.25) is 0 Å². The van der Waals surface area contributed by atoms with Crippen molar-refractivity contribution in [1.82, 2.24) is 0 Å². The van der Waals surface area contributed by atoms with Crippen LogP contribution in [0.3, 0.4) is 0 Å². The Morgan fingerprint density at radius 1 is 0.684 bits per heavy atom. The van der Waals surface area contributed by atoms with Crippen molar-refractivity contribution < 1.29 is 0 Å². The van der Waals surface area contributed by atoms with Gasteiger partial charge in [0.1, 0.15) is 0 Å². The maximum absolute atomic E-state index is 6.47. The molecule has 0 aliphatic heterocycles. The molecule has 5 heteroatoms. The Labute approximate surface area is 133 Å². The molecule has 0 aliphatic rings. The van der Waals surface area contributed by atoms with Gasteiger partial charge in [-0.2, -0.15) is 0 Å². The summed E-state index contributed by atoms with van der Waals surface area (Å²) in [6.45, 7) is 0. The van der Waals surface area contributed by atoms with Gasteiger partial charge >= 0.3 is 134 Å². The molecule has 0 bridgehead atoms. The zero-order valence-corrected chi connectivity index (χ0v) is 15.0. The van der Waals surface area contributed by atoms with Gasteiger partial charge in [0, 0.05) is 0 Å². The van der Waals surface area contributed by atoms with Crippen molar-refractivity contribution in [3.63, 3.8) is 0 Å². The van der Waals surface area contributed by atoms with Crippen LogP contribution in [0.2, 0.25) is 0 Å². The monoisotopic (exact) mass is 448 g/mol. The maximum atomic E-state index is 6.47. The van der Waals surface area contributed by atoms with E-state index in [9.17, 15) is 0 Å². The fourth-order valence-electron chi connectivity index (χ4n) is 1.67. The molecule has 19 heavy (non-hydrogen) atoms. The SMILES string of the molecule is Cl/C(=C(/c1ccccc1)[Te](Cl)(Cl)Cl)c1ccccc1. The molecule has 100 valence electrons. The van der Waals surface area contributed by atoms with Gasteiger partial charge in [0.15, 0.2) is 0 Å². The van der Waals surface area contributed by atoms with Crippen molar-refractivity contribution in [2.75, 3.05) is 0 Å². The Bertz CT molecular complexity index is 573. The molecule has 2 aromatic rings. The fourth-order valence-corrected chi connectivity index (χ4v) is 8.89. The Kier molecular flexibility index (Phi) is 5.49.